The molecule has 3 rings (SSSR count). The Morgan fingerprint density at radius 2 is 2.00 bits per heavy atom. The minimum atomic E-state index is -0.340. The molecule has 8 heteroatoms. The molecular weight excluding hydrogens is 446 g/mol. The molecule has 2 N–H and O–H groups in total. The molecule has 1 amide bonds. The van der Waals surface area contributed by atoms with Crippen LogP contribution >= 0.6 is 22.9 Å². The predicted molar refractivity (Wildman–Crippen MR) is 130 cm³/mol. The Morgan fingerprint density at radius 1 is 1.22 bits per heavy atom. The van der Waals surface area contributed by atoms with Crippen LogP contribution in [0.25, 0.3) is 10.6 Å². The van der Waals surface area contributed by atoms with Gasteiger partial charge in [0.15, 0.2) is 11.5 Å². The quantitative estimate of drug-likeness (QED) is 0.209. The van der Waals surface area contributed by atoms with Crippen LogP contribution in [0.1, 0.15) is 53.5 Å². The van der Waals surface area contributed by atoms with E-state index < -0.39 is 0 Å². The number of carbonyl (C=O) groups excluding carboxylic acids is 1. The number of thiazole rings is 1. The van der Waals surface area contributed by atoms with Crippen molar-refractivity contribution < 1.29 is 14.6 Å². The van der Waals surface area contributed by atoms with Gasteiger partial charge in [-0.1, -0.05) is 49.9 Å². The summed E-state index contributed by atoms with van der Waals surface area (Å²) in [6.07, 6.45) is 5.89. The number of hydrogen-bond acceptors (Lipinski definition) is 6. The van der Waals surface area contributed by atoms with Crippen LogP contribution in [0.2, 0.25) is 5.02 Å². The van der Waals surface area contributed by atoms with Crippen molar-refractivity contribution in [2.75, 3.05) is 6.61 Å². The van der Waals surface area contributed by atoms with Crippen molar-refractivity contribution in [1.82, 2.24) is 10.4 Å². The Labute approximate surface area is 196 Å². The van der Waals surface area contributed by atoms with E-state index in [1.54, 1.807) is 37.3 Å². The lowest BCUT2D eigenvalue weighted by atomic mass is 10.2. The number of phenols is 1. The Hall–Kier alpha value is -2.90. The molecule has 0 saturated carbocycles. The number of unbranched alkanes of at least 4 members (excludes halogenated alkanes) is 3. The second-order valence-electron chi connectivity index (χ2n) is 7.28. The Morgan fingerprint density at radius 3 is 2.72 bits per heavy atom. The van der Waals surface area contributed by atoms with Gasteiger partial charge in [-0.25, -0.2) is 10.4 Å². The standard InChI is InChI=1S/C24H26ClN3O3S/c1-3-4-5-6-13-31-21-12-7-17(14-20(21)29)15-26-28-23(30)22-16(2)27-24(32-22)18-8-10-19(25)11-9-18/h7-12,14-15,29H,3-6,13H2,1-2H3,(H,28,30)/b26-15+. The van der Waals surface area contributed by atoms with Gasteiger partial charge in [0.2, 0.25) is 0 Å². The number of halogens is 1. The Balaban J connectivity index is 1.57. The van der Waals surface area contributed by atoms with E-state index in [1.165, 1.54) is 30.4 Å². The van der Waals surface area contributed by atoms with Crippen molar-refractivity contribution >= 4 is 35.1 Å². The first-order valence-corrected chi connectivity index (χ1v) is 11.7. The molecule has 0 spiro atoms. The molecule has 1 aromatic heterocycles. The molecule has 0 aliphatic heterocycles. The molecule has 168 valence electrons. The molecule has 2 aromatic carbocycles. The second-order valence-corrected chi connectivity index (χ2v) is 8.71. The number of nitrogens with zero attached hydrogens (tertiary/aromatic N) is 2. The molecule has 0 bridgehead atoms. The summed E-state index contributed by atoms with van der Waals surface area (Å²) in [5, 5.41) is 15.5. The number of rotatable bonds is 10. The minimum Gasteiger partial charge on any atom is -0.504 e. The van der Waals surface area contributed by atoms with E-state index in [2.05, 4.69) is 22.4 Å². The average molecular weight is 472 g/mol. The van der Waals surface area contributed by atoms with E-state index in [9.17, 15) is 9.90 Å². The van der Waals surface area contributed by atoms with Crippen LogP contribution in [0.4, 0.5) is 0 Å². The molecule has 0 fully saturated rings. The Kier molecular flexibility index (Phi) is 8.64. The highest BCUT2D eigenvalue weighted by molar-refractivity contribution is 7.17. The molecule has 0 atom stereocenters. The maximum atomic E-state index is 12.5. The fourth-order valence-electron chi connectivity index (χ4n) is 2.99. The number of hydrogen-bond donors (Lipinski definition) is 2. The van der Waals surface area contributed by atoms with Crippen LogP contribution < -0.4 is 10.2 Å². The maximum Gasteiger partial charge on any atom is 0.283 e. The number of nitrogens with one attached hydrogen (secondary N) is 1. The lowest BCUT2D eigenvalue weighted by molar-refractivity contribution is 0.0958. The monoisotopic (exact) mass is 471 g/mol. The van der Waals surface area contributed by atoms with E-state index in [0.717, 1.165) is 23.4 Å². The summed E-state index contributed by atoms with van der Waals surface area (Å²) in [6.45, 7) is 4.52. The number of aromatic hydroxyl groups is 1. The summed E-state index contributed by atoms with van der Waals surface area (Å²) in [4.78, 5) is 17.5. The van der Waals surface area contributed by atoms with E-state index in [1.807, 2.05) is 12.1 Å². The van der Waals surface area contributed by atoms with Gasteiger partial charge in [-0.15, -0.1) is 11.3 Å². The fourth-order valence-corrected chi connectivity index (χ4v) is 4.07. The van der Waals surface area contributed by atoms with Crippen molar-refractivity contribution in [2.24, 2.45) is 5.10 Å². The third kappa shape index (κ3) is 6.55. The van der Waals surface area contributed by atoms with Gasteiger partial charge in [0.05, 0.1) is 18.5 Å². The first-order chi connectivity index (χ1) is 15.5. The highest BCUT2D eigenvalue weighted by Crippen LogP contribution is 2.29. The molecule has 3 aromatic rings. The third-order valence-electron chi connectivity index (χ3n) is 4.71. The number of amides is 1. The van der Waals surface area contributed by atoms with Crippen molar-refractivity contribution in [3.05, 3.63) is 63.6 Å². The van der Waals surface area contributed by atoms with Crippen LogP contribution in [-0.2, 0) is 0 Å². The summed E-state index contributed by atoms with van der Waals surface area (Å²) in [5.74, 6) is 0.145. The number of ether oxygens (including phenoxy) is 1. The lowest BCUT2D eigenvalue weighted by Gasteiger charge is -2.08. The van der Waals surface area contributed by atoms with Gasteiger partial charge in [-0.2, -0.15) is 5.10 Å². The number of hydrazone groups is 1. The molecular formula is C24H26ClN3O3S. The summed E-state index contributed by atoms with van der Waals surface area (Å²) < 4.78 is 5.62. The van der Waals surface area contributed by atoms with E-state index >= 15 is 0 Å². The van der Waals surface area contributed by atoms with E-state index in [4.69, 9.17) is 16.3 Å². The van der Waals surface area contributed by atoms with E-state index in [0.29, 0.717) is 33.5 Å². The van der Waals surface area contributed by atoms with Crippen LogP contribution in [0.15, 0.2) is 47.6 Å². The second kappa shape index (κ2) is 11.6. The maximum absolute atomic E-state index is 12.5. The smallest absolute Gasteiger partial charge is 0.283 e. The first-order valence-electron chi connectivity index (χ1n) is 10.5. The highest BCUT2D eigenvalue weighted by atomic mass is 35.5. The minimum absolute atomic E-state index is 0.0432. The third-order valence-corrected chi connectivity index (χ3v) is 6.17. The van der Waals surface area contributed by atoms with Gasteiger partial charge in [0.25, 0.3) is 5.91 Å². The molecule has 0 aliphatic rings. The zero-order chi connectivity index (χ0) is 22.9. The van der Waals surface area contributed by atoms with Crippen molar-refractivity contribution in [3.8, 4) is 22.1 Å². The number of phenolic OH excluding ortho intramolecular Hbond substituents is 1. The molecule has 32 heavy (non-hydrogen) atoms. The number of aryl methyl sites for hydroxylation is 1. The zero-order valence-corrected chi connectivity index (χ0v) is 19.7. The molecule has 0 aliphatic carbocycles. The summed E-state index contributed by atoms with van der Waals surface area (Å²) in [7, 11) is 0. The van der Waals surface area contributed by atoms with Gasteiger partial charge in [0.1, 0.15) is 9.88 Å². The molecule has 1 heterocycles. The van der Waals surface area contributed by atoms with Crippen molar-refractivity contribution in [3.63, 3.8) is 0 Å². The van der Waals surface area contributed by atoms with Gasteiger partial charge in [-0.05, 0) is 49.2 Å². The largest absolute Gasteiger partial charge is 0.504 e. The lowest BCUT2D eigenvalue weighted by Crippen LogP contribution is -2.17. The van der Waals surface area contributed by atoms with Crippen molar-refractivity contribution in [1.29, 1.82) is 0 Å². The predicted octanol–water partition coefficient (Wildman–Crippen LogP) is 6.20. The number of benzene rings is 2. The van der Waals surface area contributed by atoms with Crippen LogP contribution in [0, 0.1) is 6.92 Å². The molecule has 0 radical (unpaired) electrons. The normalized spacial score (nSPS) is 11.1. The van der Waals surface area contributed by atoms with Crippen LogP contribution in [0.3, 0.4) is 0 Å². The first kappa shape index (κ1) is 23.8. The van der Waals surface area contributed by atoms with Crippen LogP contribution in [0.5, 0.6) is 11.5 Å². The Bertz CT molecular complexity index is 1080. The van der Waals surface area contributed by atoms with Gasteiger partial charge in [-0.3, -0.25) is 4.79 Å². The van der Waals surface area contributed by atoms with Gasteiger partial charge in [0, 0.05) is 10.6 Å². The van der Waals surface area contributed by atoms with E-state index in [-0.39, 0.29) is 11.7 Å². The van der Waals surface area contributed by atoms with Crippen molar-refractivity contribution in [2.45, 2.75) is 39.5 Å². The summed E-state index contributed by atoms with van der Waals surface area (Å²) in [5.41, 5.74) is 4.69. The molecule has 0 saturated heterocycles. The fraction of sp³-hybridized carbons (Fsp3) is 0.292. The number of aromatic nitrogens is 1. The number of carbonyl (C=O) groups is 1. The van der Waals surface area contributed by atoms with Gasteiger partial charge < -0.3 is 9.84 Å². The van der Waals surface area contributed by atoms with Crippen LogP contribution in [-0.4, -0.2) is 28.8 Å². The topological polar surface area (TPSA) is 83.8 Å². The molecule has 6 nitrogen and oxygen atoms in total. The highest BCUT2D eigenvalue weighted by Gasteiger charge is 2.16. The van der Waals surface area contributed by atoms with Gasteiger partial charge >= 0.3 is 0 Å². The summed E-state index contributed by atoms with van der Waals surface area (Å²) in [6, 6.07) is 12.3. The SMILES string of the molecule is CCCCCCOc1ccc(/C=N/NC(=O)c2sc(-c3ccc(Cl)cc3)nc2C)cc1O. The summed E-state index contributed by atoms with van der Waals surface area (Å²) >= 11 is 7.22. The zero-order valence-electron chi connectivity index (χ0n) is 18.1. The average Bonchev–Trinajstić information content (AvgIpc) is 3.17. The molecule has 0 unspecified atom stereocenters.